The van der Waals surface area contributed by atoms with Gasteiger partial charge in [-0.25, -0.2) is 0 Å². The molecule has 0 aliphatic rings. The van der Waals surface area contributed by atoms with Gasteiger partial charge >= 0.3 is 0 Å². The van der Waals surface area contributed by atoms with Crippen LogP contribution in [-0.4, -0.2) is 14.9 Å². The second-order valence-electron chi connectivity index (χ2n) is 3.76. The lowest BCUT2D eigenvalue weighted by atomic mass is 10.1. The van der Waals surface area contributed by atoms with Gasteiger partial charge in [0.25, 0.3) is 11.7 Å². The molecule has 90 valence electrons. The van der Waals surface area contributed by atoms with Gasteiger partial charge < -0.3 is 15.1 Å². The number of aromatic amines is 1. The summed E-state index contributed by atoms with van der Waals surface area (Å²) in [5, 5.41) is 11.5. The molecular formula is C11H8N4O3. The maximum absolute atomic E-state index is 10.7. The summed E-state index contributed by atoms with van der Waals surface area (Å²) in [5.74, 6) is 0. The van der Waals surface area contributed by atoms with Gasteiger partial charge in [0.1, 0.15) is 12.0 Å². The number of hydrogen-bond donors (Lipinski definition) is 2. The highest BCUT2D eigenvalue weighted by atomic mass is 16.6. The summed E-state index contributed by atoms with van der Waals surface area (Å²) in [5.41, 5.74) is 7.50. The van der Waals surface area contributed by atoms with Crippen LogP contribution in [-0.2, 0) is 0 Å². The molecule has 3 rings (SSSR count). The minimum atomic E-state index is -0.436. The van der Waals surface area contributed by atoms with Crippen molar-refractivity contribution in [1.82, 2.24) is 9.97 Å². The van der Waals surface area contributed by atoms with E-state index >= 15 is 0 Å². The van der Waals surface area contributed by atoms with Crippen LogP contribution < -0.4 is 5.73 Å². The second-order valence-corrected chi connectivity index (χ2v) is 3.76. The molecule has 3 aromatic rings. The van der Waals surface area contributed by atoms with Crippen LogP contribution in [0.25, 0.3) is 22.2 Å². The second kappa shape index (κ2) is 3.59. The van der Waals surface area contributed by atoms with Crippen LogP contribution in [0.15, 0.2) is 35.1 Å². The molecule has 2 aromatic heterocycles. The van der Waals surface area contributed by atoms with E-state index < -0.39 is 4.92 Å². The Labute approximate surface area is 100 Å². The molecule has 0 bridgehead atoms. The highest BCUT2D eigenvalue weighted by Crippen LogP contribution is 2.30. The standard InChI is InChI=1S/C11H8N4O3/c12-11-14-10(5-18-11)8-4-13-9-3-6(15(16)17)1-2-7(8)9/h1-5,13H,(H2,12,14). The third-order valence-corrected chi connectivity index (χ3v) is 2.67. The first-order valence-electron chi connectivity index (χ1n) is 5.12. The Kier molecular flexibility index (Phi) is 2.06. The number of anilines is 1. The lowest BCUT2D eigenvalue weighted by Gasteiger charge is -1.94. The van der Waals surface area contributed by atoms with Crippen molar-refractivity contribution in [2.45, 2.75) is 0 Å². The van der Waals surface area contributed by atoms with Gasteiger partial charge in [0, 0.05) is 29.3 Å². The van der Waals surface area contributed by atoms with Crippen molar-refractivity contribution in [3.8, 4) is 11.3 Å². The molecule has 7 heteroatoms. The fourth-order valence-corrected chi connectivity index (χ4v) is 1.85. The van der Waals surface area contributed by atoms with E-state index in [1.165, 1.54) is 18.4 Å². The van der Waals surface area contributed by atoms with E-state index in [1.807, 2.05) is 0 Å². The first kappa shape index (κ1) is 10.3. The summed E-state index contributed by atoms with van der Waals surface area (Å²) in [6, 6.07) is 4.68. The lowest BCUT2D eigenvalue weighted by molar-refractivity contribution is -0.384. The van der Waals surface area contributed by atoms with Crippen molar-refractivity contribution < 1.29 is 9.34 Å². The molecular weight excluding hydrogens is 236 g/mol. The van der Waals surface area contributed by atoms with Crippen LogP contribution in [0, 0.1) is 10.1 Å². The van der Waals surface area contributed by atoms with Gasteiger partial charge in [-0.3, -0.25) is 10.1 Å². The molecule has 0 amide bonds. The summed E-state index contributed by atoms with van der Waals surface area (Å²) in [6.07, 6.45) is 3.16. The number of H-pyrrole nitrogens is 1. The van der Waals surface area contributed by atoms with Crippen LogP contribution in [0.2, 0.25) is 0 Å². The van der Waals surface area contributed by atoms with Crippen LogP contribution in [0.1, 0.15) is 0 Å². The average Bonchev–Trinajstić information content (AvgIpc) is 2.93. The molecule has 0 radical (unpaired) electrons. The highest BCUT2D eigenvalue weighted by molar-refractivity contribution is 5.95. The van der Waals surface area contributed by atoms with Crippen molar-refractivity contribution in [2.24, 2.45) is 0 Å². The Hall–Kier alpha value is -2.83. The third kappa shape index (κ3) is 1.49. The molecule has 3 N–H and O–H groups in total. The number of benzene rings is 1. The van der Waals surface area contributed by atoms with E-state index in [4.69, 9.17) is 10.2 Å². The lowest BCUT2D eigenvalue weighted by Crippen LogP contribution is -1.86. The van der Waals surface area contributed by atoms with Crippen LogP contribution in [0.5, 0.6) is 0 Å². The minimum absolute atomic E-state index is 0.0376. The van der Waals surface area contributed by atoms with E-state index in [0.717, 1.165) is 10.9 Å². The number of fused-ring (bicyclic) bond motifs is 1. The van der Waals surface area contributed by atoms with Gasteiger partial charge in [0.2, 0.25) is 0 Å². The molecule has 18 heavy (non-hydrogen) atoms. The van der Waals surface area contributed by atoms with Crippen LogP contribution in [0.4, 0.5) is 11.7 Å². The number of rotatable bonds is 2. The molecule has 0 saturated heterocycles. The fourth-order valence-electron chi connectivity index (χ4n) is 1.85. The first-order chi connectivity index (χ1) is 8.65. The number of non-ortho nitro benzene ring substituents is 1. The summed E-state index contributed by atoms with van der Waals surface area (Å²) >= 11 is 0. The number of nitrogens with one attached hydrogen (secondary N) is 1. The smallest absolute Gasteiger partial charge is 0.292 e. The Bertz CT molecular complexity index is 744. The van der Waals surface area contributed by atoms with Crippen molar-refractivity contribution in [3.05, 3.63) is 40.8 Å². The number of hydrogen-bond acceptors (Lipinski definition) is 5. The van der Waals surface area contributed by atoms with E-state index in [1.54, 1.807) is 12.3 Å². The summed E-state index contributed by atoms with van der Waals surface area (Å²) in [4.78, 5) is 17.2. The number of nitrogens with two attached hydrogens (primary N) is 1. The fraction of sp³-hybridized carbons (Fsp3) is 0. The highest BCUT2D eigenvalue weighted by Gasteiger charge is 2.13. The van der Waals surface area contributed by atoms with Gasteiger partial charge in [-0.1, -0.05) is 0 Å². The van der Waals surface area contributed by atoms with E-state index in [2.05, 4.69) is 9.97 Å². The van der Waals surface area contributed by atoms with Crippen molar-refractivity contribution in [1.29, 1.82) is 0 Å². The van der Waals surface area contributed by atoms with Crippen LogP contribution in [0.3, 0.4) is 0 Å². The Morgan fingerprint density at radius 1 is 1.44 bits per heavy atom. The van der Waals surface area contributed by atoms with Crippen molar-refractivity contribution in [3.63, 3.8) is 0 Å². The van der Waals surface area contributed by atoms with E-state index in [0.29, 0.717) is 11.2 Å². The van der Waals surface area contributed by atoms with Gasteiger partial charge in [0.05, 0.1) is 10.4 Å². The maximum atomic E-state index is 10.7. The zero-order valence-electron chi connectivity index (χ0n) is 9.08. The third-order valence-electron chi connectivity index (χ3n) is 2.67. The molecule has 0 spiro atoms. The van der Waals surface area contributed by atoms with Gasteiger partial charge in [-0.05, 0) is 6.07 Å². The van der Waals surface area contributed by atoms with Crippen molar-refractivity contribution >= 4 is 22.6 Å². The van der Waals surface area contributed by atoms with E-state index in [9.17, 15) is 10.1 Å². The molecule has 0 atom stereocenters. The quantitative estimate of drug-likeness (QED) is 0.530. The summed E-state index contributed by atoms with van der Waals surface area (Å²) in [6.45, 7) is 0. The topological polar surface area (TPSA) is 111 Å². The largest absolute Gasteiger partial charge is 0.432 e. The SMILES string of the molecule is Nc1nc(-c2c[nH]c3cc([N+](=O)[O-])ccc23)co1. The minimum Gasteiger partial charge on any atom is -0.432 e. The molecule has 2 heterocycles. The zero-order valence-corrected chi connectivity index (χ0v) is 9.08. The summed E-state index contributed by atoms with van der Waals surface area (Å²) in [7, 11) is 0. The Morgan fingerprint density at radius 3 is 2.94 bits per heavy atom. The molecule has 0 unspecified atom stereocenters. The van der Waals surface area contributed by atoms with E-state index in [-0.39, 0.29) is 11.7 Å². The van der Waals surface area contributed by atoms with Gasteiger partial charge in [0.15, 0.2) is 0 Å². The molecule has 0 aliphatic heterocycles. The number of nitrogens with zero attached hydrogens (tertiary/aromatic N) is 2. The number of aromatic nitrogens is 2. The predicted octanol–water partition coefficient (Wildman–Crippen LogP) is 2.31. The molecule has 0 saturated carbocycles. The predicted molar refractivity (Wildman–Crippen MR) is 64.9 cm³/mol. The molecule has 1 aromatic carbocycles. The number of nitro groups is 1. The molecule has 0 aliphatic carbocycles. The zero-order chi connectivity index (χ0) is 12.7. The normalized spacial score (nSPS) is 10.9. The maximum Gasteiger partial charge on any atom is 0.292 e. The first-order valence-corrected chi connectivity index (χ1v) is 5.12. The number of oxazole rings is 1. The Balaban J connectivity index is 2.18. The van der Waals surface area contributed by atoms with Gasteiger partial charge in [-0.15, -0.1) is 0 Å². The number of nitrogen functional groups attached to an aromatic ring is 1. The molecule has 7 nitrogen and oxygen atoms in total. The average molecular weight is 244 g/mol. The Morgan fingerprint density at radius 2 is 2.28 bits per heavy atom. The van der Waals surface area contributed by atoms with Crippen LogP contribution >= 0.6 is 0 Å². The molecule has 0 fully saturated rings. The summed E-state index contributed by atoms with van der Waals surface area (Å²) < 4.78 is 4.94. The van der Waals surface area contributed by atoms with Gasteiger partial charge in [-0.2, -0.15) is 4.98 Å². The monoisotopic (exact) mass is 244 g/mol. The number of nitro benzene ring substituents is 1. The van der Waals surface area contributed by atoms with Crippen molar-refractivity contribution in [2.75, 3.05) is 5.73 Å².